The monoisotopic (exact) mass is 312 g/mol. The highest BCUT2D eigenvalue weighted by Gasteiger charge is 2.18. The minimum atomic E-state index is 0.211. The fraction of sp³-hybridized carbons (Fsp3) is 0.375. The molecule has 0 radical (unpaired) electrons. The van der Waals surface area contributed by atoms with Crippen molar-refractivity contribution in [2.24, 2.45) is 0 Å². The first-order valence-corrected chi connectivity index (χ1v) is 7.63. The molecule has 3 rings (SSSR count). The van der Waals surface area contributed by atoms with E-state index in [0.717, 1.165) is 22.3 Å². The summed E-state index contributed by atoms with van der Waals surface area (Å²) in [6.45, 7) is 8.48. The van der Waals surface area contributed by atoms with E-state index in [1.54, 1.807) is 6.20 Å². The molecule has 3 aromatic rings. The molecule has 0 bridgehead atoms. The van der Waals surface area contributed by atoms with E-state index < -0.39 is 0 Å². The van der Waals surface area contributed by atoms with E-state index in [9.17, 15) is 0 Å². The molecule has 0 unspecified atom stereocenters. The van der Waals surface area contributed by atoms with Crippen LogP contribution in [-0.4, -0.2) is 31.6 Å². The van der Waals surface area contributed by atoms with Crippen LogP contribution in [0.1, 0.15) is 32.5 Å². The highest BCUT2D eigenvalue weighted by molar-refractivity contribution is 5.91. The van der Waals surface area contributed by atoms with Crippen LogP contribution in [-0.2, 0) is 0 Å². The van der Waals surface area contributed by atoms with Crippen molar-refractivity contribution < 1.29 is 4.74 Å². The molecule has 23 heavy (non-hydrogen) atoms. The fourth-order valence-electron chi connectivity index (χ4n) is 2.58. The zero-order valence-corrected chi connectivity index (χ0v) is 13.7. The molecule has 2 N–H and O–H groups in total. The number of fused-ring (bicyclic) bond motifs is 1. The zero-order valence-electron chi connectivity index (χ0n) is 13.7. The van der Waals surface area contributed by atoms with Gasteiger partial charge in [0.25, 0.3) is 0 Å². The van der Waals surface area contributed by atoms with Crippen molar-refractivity contribution in [3.63, 3.8) is 0 Å². The average molecular weight is 312 g/mol. The fourth-order valence-corrected chi connectivity index (χ4v) is 2.58. The molecule has 0 atom stereocenters. The Balaban J connectivity index is 2.24. The summed E-state index contributed by atoms with van der Waals surface area (Å²) in [5.41, 5.74) is 10.9. The second kappa shape index (κ2) is 5.83. The third-order valence-electron chi connectivity index (χ3n) is 3.58. The highest BCUT2D eigenvalue weighted by atomic mass is 16.5. The maximum Gasteiger partial charge on any atom is 0.242 e. The molecular weight excluding hydrogens is 292 g/mol. The predicted octanol–water partition coefficient (Wildman–Crippen LogP) is 2.76. The smallest absolute Gasteiger partial charge is 0.242 e. The largest absolute Gasteiger partial charge is 0.476 e. The summed E-state index contributed by atoms with van der Waals surface area (Å²) in [7, 11) is 0. The standard InChI is InChI=1S/C16H20N6O/c1-5-23-16-11(6-7-18-20-16)13-8-12(17)15-14(19-13)10(4)21-22(15)9(2)3/h6-9H,5H2,1-4H3,(H2,17,19). The van der Waals surface area contributed by atoms with Crippen LogP contribution in [0.25, 0.3) is 22.3 Å². The molecule has 7 heteroatoms. The van der Waals surface area contributed by atoms with Crippen molar-refractivity contribution in [2.75, 3.05) is 12.3 Å². The van der Waals surface area contributed by atoms with Gasteiger partial charge >= 0.3 is 0 Å². The van der Waals surface area contributed by atoms with Crippen LogP contribution in [0.2, 0.25) is 0 Å². The molecule has 0 aliphatic heterocycles. The van der Waals surface area contributed by atoms with E-state index in [4.69, 9.17) is 15.5 Å². The number of nitrogens with two attached hydrogens (primary N) is 1. The van der Waals surface area contributed by atoms with Crippen LogP contribution >= 0.6 is 0 Å². The van der Waals surface area contributed by atoms with Crippen LogP contribution in [0.3, 0.4) is 0 Å². The first-order chi connectivity index (χ1) is 11.0. The van der Waals surface area contributed by atoms with E-state index in [2.05, 4.69) is 29.1 Å². The summed E-state index contributed by atoms with van der Waals surface area (Å²) >= 11 is 0. The van der Waals surface area contributed by atoms with Gasteiger partial charge in [0.05, 0.1) is 35.4 Å². The Labute approximate surface area is 134 Å². The first kappa shape index (κ1) is 15.2. The molecule has 0 spiro atoms. The number of nitrogens with zero attached hydrogens (tertiary/aromatic N) is 5. The van der Waals surface area contributed by atoms with E-state index in [1.165, 1.54) is 0 Å². The van der Waals surface area contributed by atoms with E-state index in [-0.39, 0.29) is 6.04 Å². The summed E-state index contributed by atoms with van der Waals surface area (Å²) in [6, 6.07) is 3.87. The average Bonchev–Trinajstić information content (AvgIpc) is 2.86. The van der Waals surface area contributed by atoms with Gasteiger partial charge < -0.3 is 10.5 Å². The molecule has 0 amide bonds. The van der Waals surface area contributed by atoms with Gasteiger partial charge in [0.15, 0.2) is 0 Å². The number of anilines is 1. The van der Waals surface area contributed by atoms with Crippen molar-refractivity contribution in [3.05, 3.63) is 24.0 Å². The lowest BCUT2D eigenvalue weighted by Gasteiger charge is -2.11. The second-order valence-electron chi connectivity index (χ2n) is 5.60. The Hall–Kier alpha value is -2.70. The number of pyridine rings is 1. The van der Waals surface area contributed by atoms with Crippen molar-refractivity contribution in [1.82, 2.24) is 25.0 Å². The summed E-state index contributed by atoms with van der Waals surface area (Å²) in [4.78, 5) is 4.74. The predicted molar refractivity (Wildman–Crippen MR) is 89.3 cm³/mol. The van der Waals surface area contributed by atoms with Gasteiger partial charge in [0, 0.05) is 6.04 Å². The lowest BCUT2D eigenvalue weighted by atomic mass is 10.1. The van der Waals surface area contributed by atoms with Crippen LogP contribution in [0.15, 0.2) is 18.3 Å². The molecule has 120 valence electrons. The first-order valence-electron chi connectivity index (χ1n) is 7.63. The molecule has 3 heterocycles. The Kier molecular flexibility index (Phi) is 3.85. The van der Waals surface area contributed by atoms with Crippen molar-refractivity contribution in [1.29, 1.82) is 0 Å². The van der Waals surface area contributed by atoms with Gasteiger partial charge in [-0.25, -0.2) is 4.98 Å². The lowest BCUT2D eigenvalue weighted by Crippen LogP contribution is -2.05. The third kappa shape index (κ3) is 2.58. The number of aryl methyl sites for hydroxylation is 1. The van der Waals surface area contributed by atoms with Crippen LogP contribution in [0.4, 0.5) is 5.69 Å². The summed E-state index contributed by atoms with van der Waals surface area (Å²) in [5.74, 6) is 0.454. The SMILES string of the molecule is CCOc1nnccc1-c1cc(N)c2c(n1)c(C)nn2C(C)C. The molecular formula is C16H20N6O. The van der Waals surface area contributed by atoms with Gasteiger partial charge in [0.1, 0.15) is 11.0 Å². The second-order valence-corrected chi connectivity index (χ2v) is 5.60. The summed E-state index contributed by atoms with van der Waals surface area (Å²) < 4.78 is 7.45. The molecule has 0 aliphatic carbocycles. The number of ether oxygens (including phenoxy) is 1. The Morgan fingerprint density at radius 1 is 1.35 bits per heavy atom. The van der Waals surface area contributed by atoms with Crippen LogP contribution in [0, 0.1) is 6.92 Å². The molecule has 0 aliphatic rings. The molecule has 0 saturated heterocycles. The molecule has 0 aromatic carbocycles. The van der Waals surface area contributed by atoms with Gasteiger partial charge in [-0.05, 0) is 39.8 Å². The van der Waals surface area contributed by atoms with Gasteiger partial charge in [-0.2, -0.15) is 10.2 Å². The number of rotatable bonds is 4. The van der Waals surface area contributed by atoms with Gasteiger partial charge in [-0.1, -0.05) is 0 Å². The van der Waals surface area contributed by atoms with E-state index in [1.807, 2.05) is 30.7 Å². The number of nitrogen functional groups attached to an aromatic ring is 1. The molecule has 0 fully saturated rings. The molecule has 3 aromatic heterocycles. The maximum absolute atomic E-state index is 6.29. The number of hydrogen-bond donors (Lipinski definition) is 1. The van der Waals surface area contributed by atoms with Crippen LogP contribution < -0.4 is 10.5 Å². The number of aromatic nitrogens is 5. The van der Waals surface area contributed by atoms with Crippen molar-refractivity contribution in [3.8, 4) is 17.1 Å². The third-order valence-corrected chi connectivity index (χ3v) is 3.58. The molecule has 0 saturated carbocycles. The minimum Gasteiger partial charge on any atom is -0.476 e. The Morgan fingerprint density at radius 3 is 2.83 bits per heavy atom. The van der Waals surface area contributed by atoms with E-state index >= 15 is 0 Å². The normalized spacial score (nSPS) is 11.3. The Bertz CT molecular complexity index is 855. The zero-order chi connectivity index (χ0) is 16.6. The lowest BCUT2D eigenvalue weighted by molar-refractivity contribution is 0.324. The summed E-state index contributed by atoms with van der Waals surface area (Å²) in [6.07, 6.45) is 1.62. The maximum atomic E-state index is 6.29. The minimum absolute atomic E-state index is 0.211. The van der Waals surface area contributed by atoms with Crippen molar-refractivity contribution in [2.45, 2.75) is 33.7 Å². The van der Waals surface area contributed by atoms with E-state index in [0.29, 0.717) is 23.9 Å². The topological polar surface area (TPSA) is 91.7 Å². The molecule has 7 nitrogen and oxygen atoms in total. The van der Waals surface area contributed by atoms with Gasteiger partial charge in [-0.15, -0.1) is 5.10 Å². The Morgan fingerprint density at radius 2 is 2.13 bits per heavy atom. The highest BCUT2D eigenvalue weighted by Crippen LogP contribution is 2.32. The number of hydrogen-bond acceptors (Lipinski definition) is 6. The van der Waals surface area contributed by atoms with Crippen molar-refractivity contribution >= 4 is 16.7 Å². The summed E-state index contributed by atoms with van der Waals surface area (Å²) in [5, 5.41) is 12.5. The van der Waals surface area contributed by atoms with Crippen LogP contribution in [0.5, 0.6) is 5.88 Å². The van der Waals surface area contributed by atoms with Gasteiger partial charge in [0.2, 0.25) is 5.88 Å². The van der Waals surface area contributed by atoms with Gasteiger partial charge in [-0.3, -0.25) is 4.68 Å². The quantitative estimate of drug-likeness (QED) is 0.796.